The summed E-state index contributed by atoms with van der Waals surface area (Å²) in [6, 6.07) is 0. The van der Waals surface area contributed by atoms with Gasteiger partial charge in [-0.2, -0.15) is 0 Å². The van der Waals surface area contributed by atoms with E-state index in [0.717, 1.165) is 18.8 Å². The molecule has 1 heteroatoms. The minimum Gasteiger partial charge on any atom is -0.390 e. The van der Waals surface area contributed by atoms with E-state index in [1.54, 1.807) is 0 Å². The summed E-state index contributed by atoms with van der Waals surface area (Å²) in [6.07, 6.45) is 4.54. The molecule has 0 radical (unpaired) electrons. The number of aliphatic hydroxyl groups is 1. The predicted octanol–water partition coefficient (Wildman–Crippen LogP) is 3.78. The molecule has 3 aliphatic carbocycles. The molecule has 3 rings (SSSR count). The van der Waals surface area contributed by atoms with E-state index in [2.05, 4.69) is 34.3 Å². The Morgan fingerprint density at radius 1 is 1.18 bits per heavy atom. The highest BCUT2D eigenvalue weighted by Crippen LogP contribution is 2.74. The Hall–Kier alpha value is -0.300. The second-order valence-corrected chi connectivity index (χ2v) is 7.85. The second kappa shape index (κ2) is 2.99. The van der Waals surface area contributed by atoms with E-state index in [9.17, 15) is 5.11 Å². The van der Waals surface area contributed by atoms with E-state index in [1.807, 2.05) is 0 Å². The molecule has 0 aromatic carbocycles. The molecule has 0 bridgehead atoms. The Labute approximate surface area is 105 Å². The summed E-state index contributed by atoms with van der Waals surface area (Å²) in [4.78, 5) is 0. The monoisotopic (exact) mass is 234 g/mol. The number of allylic oxidation sites excluding steroid dienone is 1. The molecule has 3 fully saturated rings. The maximum absolute atomic E-state index is 10.8. The molecular formula is C16H26O. The van der Waals surface area contributed by atoms with Gasteiger partial charge in [0.1, 0.15) is 0 Å². The van der Waals surface area contributed by atoms with Gasteiger partial charge < -0.3 is 5.11 Å². The van der Waals surface area contributed by atoms with Crippen molar-refractivity contribution in [2.45, 2.75) is 59.0 Å². The molecule has 3 aliphatic rings. The minimum atomic E-state index is -0.473. The number of fused-ring (bicyclic) bond motifs is 3. The second-order valence-electron chi connectivity index (χ2n) is 7.85. The highest BCUT2D eigenvalue weighted by molar-refractivity contribution is 5.27. The Bertz CT molecular complexity index is 379. The van der Waals surface area contributed by atoms with Crippen LogP contribution in [-0.4, -0.2) is 10.7 Å². The molecule has 0 saturated heterocycles. The molecule has 0 amide bonds. The molecule has 17 heavy (non-hydrogen) atoms. The van der Waals surface area contributed by atoms with Crippen molar-refractivity contribution in [3.63, 3.8) is 0 Å². The van der Waals surface area contributed by atoms with Gasteiger partial charge >= 0.3 is 0 Å². The number of rotatable bonds is 0. The average molecular weight is 234 g/mol. The molecule has 96 valence electrons. The lowest BCUT2D eigenvalue weighted by Gasteiger charge is -2.39. The highest BCUT2D eigenvalue weighted by Gasteiger charge is 2.70. The van der Waals surface area contributed by atoms with Gasteiger partial charge in [-0.3, -0.25) is 0 Å². The van der Waals surface area contributed by atoms with Crippen LogP contribution in [0, 0.1) is 28.6 Å². The van der Waals surface area contributed by atoms with Gasteiger partial charge in [0.15, 0.2) is 0 Å². The van der Waals surface area contributed by atoms with Crippen molar-refractivity contribution in [3.05, 3.63) is 12.2 Å². The summed E-state index contributed by atoms with van der Waals surface area (Å²) < 4.78 is 0. The third-order valence-corrected chi connectivity index (χ3v) is 6.57. The van der Waals surface area contributed by atoms with E-state index in [0.29, 0.717) is 17.3 Å². The standard InChI is InChI=1S/C16H26O/c1-10-6-7-11-12(14(11,2)3)13-15(10,4)8-9-16(13,5)17/h11-13,17H,1,6-9H2,2-5H3/t11-,12-,13-,15-,16-/m0/s1. The normalized spacial score (nSPS) is 56.1. The molecule has 1 N–H and O–H groups in total. The quantitative estimate of drug-likeness (QED) is 0.632. The van der Waals surface area contributed by atoms with Crippen molar-refractivity contribution in [1.82, 2.24) is 0 Å². The van der Waals surface area contributed by atoms with Gasteiger partial charge in [-0.25, -0.2) is 0 Å². The zero-order chi connectivity index (χ0) is 12.6. The maximum Gasteiger partial charge on any atom is 0.0659 e. The van der Waals surface area contributed by atoms with Crippen LogP contribution >= 0.6 is 0 Å². The zero-order valence-electron chi connectivity index (χ0n) is 11.7. The molecule has 0 unspecified atom stereocenters. The van der Waals surface area contributed by atoms with Gasteiger partial charge in [0.25, 0.3) is 0 Å². The van der Waals surface area contributed by atoms with Crippen molar-refractivity contribution >= 4 is 0 Å². The van der Waals surface area contributed by atoms with E-state index in [1.165, 1.54) is 18.4 Å². The van der Waals surface area contributed by atoms with Crippen LogP contribution in [0.15, 0.2) is 12.2 Å². The fraction of sp³-hybridized carbons (Fsp3) is 0.875. The van der Waals surface area contributed by atoms with Crippen LogP contribution in [-0.2, 0) is 0 Å². The first-order valence-corrected chi connectivity index (χ1v) is 7.12. The Morgan fingerprint density at radius 3 is 2.47 bits per heavy atom. The van der Waals surface area contributed by atoms with Crippen LogP contribution in [0.3, 0.4) is 0 Å². The van der Waals surface area contributed by atoms with Crippen molar-refractivity contribution in [2.24, 2.45) is 28.6 Å². The minimum absolute atomic E-state index is 0.191. The predicted molar refractivity (Wildman–Crippen MR) is 70.6 cm³/mol. The van der Waals surface area contributed by atoms with Crippen molar-refractivity contribution in [1.29, 1.82) is 0 Å². The maximum atomic E-state index is 10.8. The van der Waals surface area contributed by atoms with Crippen molar-refractivity contribution in [3.8, 4) is 0 Å². The molecule has 0 aromatic rings. The van der Waals surface area contributed by atoms with Crippen LogP contribution < -0.4 is 0 Å². The molecule has 1 nitrogen and oxygen atoms in total. The average Bonchev–Trinajstić information content (AvgIpc) is 2.67. The van der Waals surface area contributed by atoms with E-state index in [4.69, 9.17) is 0 Å². The van der Waals surface area contributed by atoms with Gasteiger partial charge in [0.05, 0.1) is 5.60 Å². The van der Waals surface area contributed by atoms with E-state index < -0.39 is 5.60 Å². The SMILES string of the molecule is C=C1CC[C@H]2[C@@H]([C@@H]3[C@@](C)(O)CC[C@@]13C)C2(C)C. The molecule has 5 atom stereocenters. The van der Waals surface area contributed by atoms with Crippen LogP contribution in [0.25, 0.3) is 0 Å². The fourth-order valence-corrected chi connectivity index (χ4v) is 5.31. The lowest BCUT2D eigenvalue weighted by molar-refractivity contribution is -0.0173. The van der Waals surface area contributed by atoms with Crippen molar-refractivity contribution in [2.75, 3.05) is 0 Å². The summed E-state index contributed by atoms with van der Waals surface area (Å²) in [5, 5.41) is 10.8. The third kappa shape index (κ3) is 1.30. The lowest BCUT2D eigenvalue weighted by Crippen LogP contribution is -2.39. The molecule has 0 spiro atoms. The van der Waals surface area contributed by atoms with E-state index in [-0.39, 0.29) is 5.41 Å². The summed E-state index contributed by atoms with van der Waals surface area (Å²) >= 11 is 0. The first-order valence-electron chi connectivity index (χ1n) is 7.12. The zero-order valence-corrected chi connectivity index (χ0v) is 11.7. The number of hydrogen-bond donors (Lipinski definition) is 1. The largest absolute Gasteiger partial charge is 0.390 e. The summed E-state index contributed by atoms with van der Waals surface area (Å²) in [6.45, 7) is 13.6. The van der Waals surface area contributed by atoms with Crippen molar-refractivity contribution < 1.29 is 5.11 Å². The van der Waals surface area contributed by atoms with Gasteiger partial charge in [0, 0.05) is 5.92 Å². The molecular weight excluding hydrogens is 208 g/mol. The summed E-state index contributed by atoms with van der Waals surface area (Å²) in [7, 11) is 0. The van der Waals surface area contributed by atoms with Crippen LogP contribution in [0.2, 0.25) is 0 Å². The molecule has 0 aliphatic heterocycles. The van der Waals surface area contributed by atoms with Gasteiger partial charge in [-0.05, 0) is 55.3 Å². The van der Waals surface area contributed by atoms with Gasteiger partial charge in [-0.1, -0.05) is 32.9 Å². The first-order chi connectivity index (χ1) is 7.71. The molecule has 0 aromatic heterocycles. The lowest BCUT2D eigenvalue weighted by atomic mass is 9.67. The summed E-state index contributed by atoms with van der Waals surface area (Å²) in [5.41, 5.74) is 1.57. The molecule has 3 saturated carbocycles. The number of hydrogen-bond acceptors (Lipinski definition) is 1. The topological polar surface area (TPSA) is 20.2 Å². The highest BCUT2D eigenvalue weighted by atomic mass is 16.3. The smallest absolute Gasteiger partial charge is 0.0659 e. The summed E-state index contributed by atoms with van der Waals surface area (Å²) in [5.74, 6) is 1.96. The first kappa shape index (κ1) is 11.8. The fourth-order valence-electron chi connectivity index (χ4n) is 5.31. The Morgan fingerprint density at radius 2 is 1.82 bits per heavy atom. The Kier molecular flexibility index (Phi) is 2.07. The van der Waals surface area contributed by atoms with Gasteiger partial charge in [0.2, 0.25) is 0 Å². The van der Waals surface area contributed by atoms with Crippen LogP contribution in [0.5, 0.6) is 0 Å². The third-order valence-electron chi connectivity index (χ3n) is 6.57. The Balaban J connectivity index is 2.06. The molecule has 0 heterocycles. The van der Waals surface area contributed by atoms with E-state index >= 15 is 0 Å². The van der Waals surface area contributed by atoms with Crippen LogP contribution in [0.1, 0.15) is 53.4 Å². The van der Waals surface area contributed by atoms with Gasteiger partial charge in [-0.15, -0.1) is 0 Å². The van der Waals surface area contributed by atoms with Crippen LogP contribution in [0.4, 0.5) is 0 Å².